The number of carbonyl (C=O) groups excluding carboxylic acids is 1. The summed E-state index contributed by atoms with van der Waals surface area (Å²) in [7, 11) is 0. The summed E-state index contributed by atoms with van der Waals surface area (Å²) < 4.78 is 0. The van der Waals surface area contributed by atoms with E-state index in [9.17, 15) is 4.79 Å². The zero-order valence-electron chi connectivity index (χ0n) is 10.0. The number of nitrogens with one attached hydrogen (secondary N) is 1. The molecule has 0 spiro atoms. The van der Waals surface area contributed by atoms with Gasteiger partial charge in [-0.05, 0) is 42.7 Å². The molecule has 0 aliphatic heterocycles. The third kappa shape index (κ3) is 2.84. The Hall–Kier alpha value is -1.94. The maximum atomic E-state index is 12.0. The molecule has 1 amide bonds. The first kappa shape index (κ1) is 12.5. The molecule has 2 aromatic carbocycles. The highest BCUT2D eigenvalue weighted by atomic mass is 32.2. The number of nitrogen functional groups attached to an aromatic ring is 1. The van der Waals surface area contributed by atoms with Gasteiger partial charge in [0, 0.05) is 16.1 Å². The van der Waals surface area contributed by atoms with Crippen molar-refractivity contribution in [3.63, 3.8) is 0 Å². The molecule has 4 heteroatoms. The number of thioether (sulfide) groups is 1. The Kier molecular flexibility index (Phi) is 3.89. The third-order valence-electron chi connectivity index (χ3n) is 2.53. The van der Waals surface area contributed by atoms with Crippen molar-refractivity contribution >= 4 is 29.0 Å². The number of hydrogen-bond donors (Lipinski definition) is 2. The zero-order chi connectivity index (χ0) is 13.0. The fraction of sp³-hybridized carbons (Fsp3) is 0.0714. The monoisotopic (exact) mass is 258 g/mol. The third-order valence-corrected chi connectivity index (χ3v) is 3.32. The van der Waals surface area contributed by atoms with Gasteiger partial charge in [-0.15, -0.1) is 11.8 Å². The lowest BCUT2D eigenvalue weighted by atomic mass is 10.2. The Balaban J connectivity index is 2.18. The number of hydrogen-bond acceptors (Lipinski definition) is 3. The summed E-state index contributed by atoms with van der Waals surface area (Å²) in [5.74, 6) is -0.128. The van der Waals surface area contributed by atoms with Crippen LogP contribution in [0.2, 0.25) is 0 Å². The Morgan fingerprint density at radius 1 is 1.11 bits per heavy atom. The molecular weight excluding hydrogens is 244 g/mol. The Bertz CT molecular complexity index is 552. The Labute approximate surface area is 110 Å². The molecule has 0 aliphatic carbocycles. The largest absolute Gasteiger partial charge is 0.399 e. The molecule has 0 radical (unpaired) electrons. The zero-order valence-corrected chi connectivity index (χ0v) is 10.8. The molecule has 0 bridgehead atoms. The van der Waals surface area contributed by atoms with E-state index in [0.29, 0.717) is 11.3 Å². The standard InChI is InChI=1S/C14H14N2OS/c1-18-13-5-3-2-4-12(13)16-14(17)10-6-8-11(15)9-7-10/h2-9H,15H2,1H3,(H,16,17). The second-order valence-corrected chi connectivity index (χ2v) is 4.62. The van der Waals surface area contributed by atoms with Gasteiger partial charge in [-0.2, -0.15) is 0 Å². The quantitative estimate of drug-likeness (QED) is 0.656. The van der Waals surface area contributed by atoms with Crippen LogP contribution in [0.15, 0.2) is 53.4 Å². The molecule has 0 aliphatic rings. The summed E-state index contributed by atoms with van der Waals surface area (Å²) in [5, 5.41) is 2.90. The number of rotatable bonds is 3. The van der Waals surface area contributed by atoms with Gasteiger partial charge in [0.2, 0.25) is 0 Å². The maximum absolute atomic E-state index is 12.0. The summed E-state index contributed by atoms with van der Waals surface area (Å²) in [6.07, 6.45) is 1.98. The Morgan fingerprint density at radius 2 is 1.78 bits per heavy atom. The molecule has 0 saturated carbocycles. The summed E-state index contributed by atoms with van der Waals surface area (Å²) in [4.78, 5) is 13.1. The van der Waals surface area contributed by atoms with Crippen LogP contribution in [0.1, 0.15) is 10.4 Å². The lowest BCUT2D eigenvalue weighted by Crippen LogP contribution is -2.12. The number of carbonyl (C=O) groups is 1. The Morgan fingerprint density at radius 3 is 2.44 bits per heavy atom. The minimum absolute atomic E-state index is 0.128. The van der Waals surface area contributed by atoms with E-state index in [0.717, 1.165) is 10.6 Å². The van der Waals surface area contributed by atoms with Crippen LogP contribution in [0.5, 0.6) is 0 Å². The van der Waals surface area contributed by atoms with Crippen LogP contribution >= 0.6 is 11.8 Å². The van der Waals surface area contributed by atoms with Gasteiger partial charge >= 0.3 is 0 Å². The van der Waals surface area contributed by atoms with Crippen LogP contribution in [-0.2, 0) is 0 Å². The summed E-state index contributed by atoms with van der Waals surface area (Å²) in [5.41, 5.74) is 7.66. The van der Waals surface area contributed by atoms with Crippen molar-refractivity contribution in [2.75, 3.05) is 17.3 Å². The molecule has 18 heavy (non-hydrogen) atoms. The van der Waals surface area contributed by atoms with Gasteiger partial charge < -0.3 is 11.1 Å². The van der Waals surface area contributed by atoms with E-state index in [1.54, 1.807) is 36.0 Å². The highest BCUT2D eigenvalue weighted by Gasteiger charge is 2.07. The van der Waals surface area contributed by atoms with Gasteiger partial charge in [0.1, 0.15) is 0 Å². The number of nitrogens with two attached hydrogens (primary N) is 1. The first-order valence-corrected chi connectivity index (χ1v) is 6.73. The molecule has 2 aromatic rings. The fourth-order valence-electron chi connectivity index (χ4n) is 1.58. The van der Waals surface area contributed by atoms with Gasteiger partial charge in [-0.3, -0.25) is 4.79 Å². The predicted octanol–water partition coefficient (Wildman–Crippen LogP) is 3.24. The van der Waals surface area contributed by atoms with E-state index < -0.39 is 0 Å². The average Bonchev–Trinajstić information content (AvgIpc) is 2.40. The van der Waals surface area contributed by atoms with Gasteiger partial charge in [0.05, 0.1) is 5.69 Å². The first-order chi connectivity index (χ1) is 8.70. The highest BCUT2D eigenvalue weighted by Crippen LogP contribution is 2.25. The van der Waals surface area contributed by atoms with Crippen LogP contribution in [0.4, 0.5) is 11.4 Å². The summed E-state index contributed by atoms with van der Waals surface area (Å²) in [6, 6.07) is 14.6. The van der Waals surface area contributed by atoms with E-state index in [1.165, 1.54) is 0 Å². The molecule has 0 unspecified atom stereocenters. The van der Waals surface area contributed by atoms with Crippen LogP contribution < -0.4 is 11.1 Å². The average molecular weight is 258 g/mol. The van der Waals surface area contributed by atoms with Gasteiger partial charge in [0.15, 0.2) is 0 Å². The first-order valence-electron chi connectivity index (χ1n) is 5.50. The number of anilines is 2. The van der Waals surface area contributed by atoms with E-state index in [-0.39, 0.29) is 5.91 Å². The molecule has 0 saturated heterocycles. The molecule has 0 atom stereocenters. The topological polar surface area (TPSA) is 55.1 Å². The summed E-state index contributed by atoms with van der Waals surface area (Å²) in [6.45, 7) is 0. The van der Waals surface area contributed by atoms with Gasteiger partial charge in [-0.25, -0.2) is 0 Å². The maximum Gasteiger partial charge on any atom is 0.255 e. The normalized spacial score (nSPS) is 10.1. The van der Waals surface area contributed by atoms with Crippen LogP contribution in [0.25, 0.3) is 0 Å². The van der Waals surface area contributed by atoms with E-state index in [1.807, 2.05) is 30.5 Å². The molecular formula is C14H14N2OS. The molecule has 0 heterocycles. The number of benzene rings is 2. The minimum atomic E-state index is -0.128. The van der Waals surface area contributed by atoms with Crippen molar-refractivity contribution in [1.82, 2.24) is 0 Å². The molecule has 0 fully saturated rings. The second-order valence-electron chi connectivity index (χ2n) is 3.78. The van der Waals surface area contributed by atoms with Crippen LogP contribution in [-0.4, -0.2) is 12.2 Å². The van der Waals surface area contributed by atoms with Crippen molar-refractivity contribution in [3.8, 4) is 0 Å². The lowest BCUT2D eigenvalue weighted by molar-refractivity contribution is 0.102. The summed E-state index contributed by atoms with van der Waals surface area (Å²) >= 11 is 1.60. The van der Waals surface area contributed by atoms with E-state index in [4.69, 9.17) is 5.73 Å². The van der Waals surface area contributed by atoms with Gasteiger partial charge in [-0.1, -0.05) is 12.1 Å². The molecule has 3 N–H and O–H groups in total. The second kappa shape index (κ2) is 5.60. The highest BCUT2D eigenvalue weighted by molar-refractivity contribution is 7.98. The van der Waals surface area contributed by atoms with Crippen LogP contribution in [0.3, 0.4) is 0 Å². The fourth-order valence-corrected chi connectivity index (χ4v) is 2.13. The van der Waals surface area contributed by atoms with Crippen molar-refractivity contribution < 1.29 is 4.79 Å². The smallest absolute Gasteiger partial charge is 0.255 e. The SMILES string of the molecule is CSc1ccccc1NC(=O)c1ccc(N)cc1. The molecule has 0 aromatic heterocycles. The minimum Gasteiger partial charge on any atom is -0.399 e. The van der Waals surface area contributed by atoms with E-state index in [2.05, 4.69) is 5.32 Å². The predicted molar refractivity (Wildman–Crippen MR) is 77.0 cm³/mol. The lowest BCUT2D eigenvalue weighted by Gasteiger charge is -2.09. The molecule has 3 nitrogen and oxygen atoms in total. The number of para-hydroxylation sites is 1. The van der Waals surface area contributed by atoms with Crippen molar-refractivity contribution in [1.29, 1.82) is 0 Å². The van der Waals surface area contributed by atoms with E-state index >= 15 is 0 Å². The van der Waals surface area contributed by atoms with Crippen LogP contribution in [0, 0.1) is 0 Å². The van der Waals surface area contributed by atoms with Crippen molar-refractivity contribution in [2.45, 2.75) is 4.90 Å². The number of amides is 1. The molecule has 2 rings (SSSR count). The van der Waals surface area contributed by atoms with Crippen molar-refractivity contribution in [2.24, 2.45) is 0 Å². The molecule has 92 valence electrons. The van der Waals surface area contributed by atoms with Gasteiger partial charge in [0.25, 0.3) is 5.91 Å². The van der Waals surface area contributed by atoms with Crippen molar-refractivity contribution in [3.05, 3.63) is 54.1 Å².